The van der Waals surface area contributed by atoms with Crippen molar-refractivity contribution in [2.24, 2.45) is 0 Å². The average molecular weight is 484 g/mol. The number of benzene rings is 3. The number of aromatic nitrogens is 2. The number of hydrogen-bond acceptors (Lipinski definition) is 4. The van der Waals surface area contributed by atoms with E-state index in [9.17, 15) is 4.79 Å². The average Bonchev–Trinajstić information content (AvgIpc) is 3.46. The summed E-state index contributed by atoms with van der Waals surface area (Å²) in [6.45, 7) is 6.27. The molecule has 1 aliphatic heterocycles. The highest BCUT2D eigenvalue weighted by Crippen LogP contribution is 2.37. The zero-order chi connectivity index (χ0) is 25.1. The maximum Gasteiger partial charge on any atom is 0.227 e. The van der Waals surface area contributed by atoms with E-state index in [1.807, 2.05) is 41.3 Å². The third-order valence-electron chi connectivity index (χ3n) is 6.93. The number of methoxy groups -OCH3 is 1. The minimum Gasteiger partial charge on any atom is -0.495 e. The van der Waals surface area contributed by atoms with Gasteiger partial charge in [0.2, 0.25) is 5.91 Å². The molecule has 0 radical (unpaired) electrons. The molecule has 0 N–H and O–H groups in total. The van der Waals surface area contributed by atoms with Crippen molar-refractivity contribution in [3.8, 4) is 11.5 Å². The van der Waals surface area contributed by atoms with Gasteiger partial charge >= 0.3 is 0 Å². The van der Waals surface area contributed by atoms with Crippen LogP contribution in [-0.4, -0.2) is 35.7 Å². The fourth-order valence-corrected chi connectivity index (χ4v) is 5.02. The summed E-state index contributed by atoms with van der Waals surface area (Å²) >= 11 is 0. The van der Waals surface area contributed by atoms with Crippen molar-refractivity contribution in [3.63, 3.8) is 0 Å². The number of carbonyl (C=O) groups is 1. The number of anilines is 1. The van der Waals surface area contributed by atoms with E-state index in [0.29, 0.717) is 25.3 Å². The number of aryl methyl sites for hydroxylation is 3. The van der Waals surface area contributed by atoms with Gasteiger partial charge in [0.05, 0.1) is 30.4 Å². The summed E-state index contributed by atoms with van der Waals surface area (Å²) in [6.07, 6.45) is 2.35. The van der Waals surface area contributed by atoms with Gasteiger partial charge in [-0.05, 0) is 68.1 Å². The number of imidazole rings is 1. The Morgan fingerprint density at radius 2 is 1.78 bits per heavy atom. The Morgan fingerprint density at radius 1 is 0.972 bits per heavy atom. The molecule has 6 nitrogen and oxygen atoms in total. The summed E-state index contributed by atoms with van der Waals surface area (Å²) in [5.74, 6) is 2.79. The molecule has 186 valence electrons. The van der Waals surface area contributed by atoms with Crippen molar-refractivity contribution in [3.05, 3.63) is 83.7 Å². The van der Waals surface area contributed by atoms with Crippen LogP contribution >= 0.6 is 0 Å². The van der Waals surface area contributed by atoms with E-state index in [-0.39, 0.29) is 11.8 Å². The minimum atomic E-state index is 0.0287. The standard InChI is InChI=1S/C30H33N3O3/c1-21-14-15-22(2)28(18-21)36-17-9-8-16-32-25-11-5-4-10-24(25)31-30(32)23-19-29(34)33(20-23)26-12-6-7-13-27(26)35-3/h4-7,10-15,18,23H,8-9,16-17,19-20H2,1-3H3. The smallest absolute Gasteiger partial charge is 0.227 e. The van der Waals surface area contributed by atoms with Crippen molar-refractivity contribution in [1.29, 1.82) is 0 Å². The molecule has 1 amide bonds. The molecule has 0 bridgehead atoms. The first-order chi connectivity index (χ1) is 17.5. The van der Waals surface area contributed by atoms with E-state index in [4.69, 9.17) is 14.5 Å². The van der Waals surface area contributed by atoms with Gasteiger partial charge in [0.1, 0.15) is 17.3 Å². The molecule has 0 aliphatic carbocycles. The predicted octanol–water partition coefficient (Wildman–Crippen LogP) is 6.04. The molecule has 1 aromatic heterocycles. The first-order valence-electron chi connectivity index (χ1n) is 12.6. The van der Waals surface area contributed by atoms with Crippen molar-refractivity contribution in [2.45, 2.75) is 45.6 Å². The molecule has 2 heterocycles. The Labute approximate surface area is 212 Å². The van der Waals surface area contributed by atoms with Gasteiger partial charge in [-0.1, -0.05) is 36.4 Å². The molecule has 1 saturated heterocycles. The highest BCUT2D eigenvalue weighted by molar-refractivity contribution is 5.97. The molecule has 1 aliphatic rings. The lowest BCUT2D eigenvalue weighted by atomic mass is 10.1. The van der Waals surface area contributed by atoms with E-state index in [2.05, 4.69) is 48.7 Å². The lowest BCUT2D eigenvalue weighted by Gasteiger charge is -2.20. The van der Waals surface area contributed by atoms with Crippen molar-refractivity contribution >= 4 is 22.6 Å². The molecule has 4 aromatic rings. The molecule has 5 rings (SSSR count). The number of unbranched alkanes of at least 4 members (excludes halogenated alkanes) is 1. The number of hydrogen-bond donors (Lipinski definition) is 0. The summed E-state index contributed by atoms with van der Waals surface area (Å²) in [4.78, 5) is 19.9. The zero-order valence-electron chi connectivity index (χ0n) is 21.2. The first kappa shape index (κ1) is 23.9. The minimum absolute atomic E-state index is 0.0287. The van der Waals surface area contributed by atoms with Crippen LogP contribution in [0.25, 0.3) is 11.0 Å². The Bertz CT molecular complexity index is 1380. The van der Waals surface area contributed by atoms with Crippen LogP contribution < -0.4 is 14.4 Å². The summed E-state index contributed by atoms with van der Waals surface area (Å²) in [6, 6.07) is 22.2. The fraction of sp³-hybridized carbons (Fsp3) is 0.333. The third kappa shape index (κ3) is 4.81. The summed E-state index contributed by atoms with van der Waals surface area (Å²) < 4.78 is 13.9. The normalized spacial score (nSPS) is 15.6. The molecular formula is C30H33N3O3. The van der Waals surface area contributed by atoms with Crippen LogP contribution in [0.2, 0.25) is 0 Å². The zero-order valence-corrected chi connectivity index (χ0v) is 21.2. The fourth-order valence-electron chi connectivity index (χ4n) is 5.02. The molecule has 1 unspecified atom stereocenters. The Morgan fingerprint density at radius 3 is 2.64 bits per heavy atom. The molecule has 36 heavy (non-hydrogen) atoms. The monoisotopic (exact) mass is 483 g/mol. The molecular weight excluding hydrogens is 450 g/mol. The van der Waals surface area contributed by atoms with Crippen LogP contribution in [0.1, 0.15) is 42.1 Å². The van der Waals surface area contributed by atoms with Crippen LogP contribution in [0, 0.1) is 13.8 Å². The van der Waals surface area contributed by atoms with Crippen molar-refractivity contribution < 1.29 is 14.3 Å². The van der Waals surface area contributed by atoms with Gasteiger partial charge in [-0.15, -0.1) is 0 Å². The van der Waals surface area contributed by atoms with Gasteiger partial charge in [-0.3, -0.25) is 4.79 Å². The quantitative estimate of drug-likeness (QED) is 0.272. The van der Waals surface area contributed by atoms with E-state index in [0.717, 1.165) is 53.2 Å². The van der Waals surface area contributed by atoms with Crippen LogP contribution in [-0.2, 0) is 11.3 Å². The number of nitrogens with zero attached hydrogens (tertiary/aromatic N) is 3. The highest BCUT2D eigenvalue weighted by atomic mass is 16.5. The van der Waals surface area contributed by atoms with Crippen LogP contribution in [0.5, 0.6) is 11.5 Å². The highest BCUT2D eigenvalue weighted by Gasteiger charge is 2.35. The lowest BCUT2D eigenvalue weighted by Crippen LogP contribution is -2.25. The molecule has 1 atom stereocenters. The van der Waals surface area contributed by atoms with Crippen molar-refractivity contribution in [2.75, 3.05) is 25.2 Å². The number of amides is 1. The number of para-hydroxylation sites is 4. The Kier molecular flexibility index (Phi) is 6.94. The van der Waals surface area contributed by atoms with Crippen LogP contribution in [0.15, 0.2) is 66.7 Å². The first-order valence-corrected chi connectivity index (χ1v) is 12.6. The predicted molar refractivity (Wildman–Crippen MR) is 143 cm³/mol. The largest absolute Gasteiger partial charge is 0.495 e. The number of ether oxygens (including phenoxy) is 2. The number of carbonyl (C=O) groups excluding carboxylic acids is 1. The van der Waals surface area contributed by atoms with Gasteiger partial charge in [0, 0.05) is 25.4 Å². The van der Waals surface area contributed by atoms with Gasteiger partial charge in [-0.2, -0.15) is 0 Å². The van der Waals surface area contributed by atoms with Crippen LogP contribution in [0.4, 0.5) is 5.69 Å². The summed E-state index contributed by atoms with van der Waals surface area (Å²) in [5, 5.41) is 0. The van der Waals surface area contributed by atoms with E-state index in [1.165, 1.54) is 5.56 Å². The SMILES string of the molecule is COc1ccccc1N1CC(c2nc3ccccc3n2CCCCOc2cc(C)ccc2C)CC1=O. The molecule has 6 heteroatoms. The second kappa shape index (κ2) is 10.4. The van der Waals surface area contributed by atoms with E-state index in [1.54, 1.807) is 7.11 Å². The van der Waals surface area contributed by atoms with Gasteiger partial charge < -0.3 is 18.9 Å². The van der Waals surface area contributed by atoms with Gasteiger partial charge in [0.15, 0.2) is 0 Å². The molecule has 0 spiro atoms. The Balaban J connectivity index is 1.31. The second-order valence-electron chi connectivity index (χ2n) is 9.51. The number of fused-ring (bicyclic) bond motifs is 1. The second-order valence-corrected chi connectivity index (χ2v) is 9.51. The number of rotatable bonds is 9. The van der Waals surface area contributed by atoms with Gasteiger partial charge in [0.25, 0.3) is 0 Å². The maximum atomic E-state index is 13.1. The third-order valence-corrected chi connectivity index (χ3v) is 6.93. The lowest BCUT2D eigenvalue weighted by molar-refractivity contribution is -0.117. The summed E-state index contributed by atoms with van der Waals surface area (Å²) in [7, 11) is 1.64. The molecule has 3 aromatic carbocycles. The van der Waals surface area contributed by atoms with Gasteiger partial charge in [-0.25, -0.2) is 4.98 Å². The maximum absolute atomic E-state index is 13.1. The summed E-state index contributed by atoms with van der Waals surface area (Å²) in [5.41, 5.74) is 5.28. The van der Waals surface area contributed by atoms with Crippen molar-refractivity contribution in [1.82, 2.24) is 9.55 Å². The van der Waals surface area contributed by atoms with E-state index < -0.39 is 0 Å². The van der Waals surface area contributed by atoms with E-state index >= 15 is 0 Å². The molecule has 1 fully saturated rings. The Hall–Kier alpha value is -3.80. The van der Waals surface area contributed by atoms with Crippen LogP contribution in [0.3, 0.4) is 0 Å². The molecule has 0 saturated carbocycles. The topological polar surface area (TPSA) is 56.6 Å².